The first-order valence-corrected chi connectivity index (χ1v) is 10.8. The summed E-state index contributed by atoms with van der Waals surface area (Å²) in [7, 11) is -2.97. The number of hydrogen-bond donors (Lipinski definition) is 0. The second kappa shape index (κ2) is 8.60. The monoisotopic (exact) mass is 368 g/mol. The highest BCUT2D eigenvalue weighted by molar-refractivity contribution is 7.91. The van der Waals surface area contributed by atoms with Gasteiger partial charge in [0.05, 0.1) is 11.5 Å². The molecule has 1 amide bonds. The molecule has 8 heteroatoms. The highest BCUT2D eigenvalue weighted by Gasteiger charge is 2.32. The summed E-state index contributed by atoms with van der Waals surface area (Å²) in [5, 5.41) is 0. The molecule has 1 atom stereocenters. The molecule has 1 unspecified atom stereocenters. The maximum Gasteiger partial charge on any atom is 0.272 e. The van der Waals surface area contributed by atoms with Crippen LogP contribution in [0.15, 0.2) is 12.4 Å². The predicted octanol–water partition coefficient (Wildman–Crippen LogP) is 1.75. The Hall–Kier alpha value is -1.70. The van der Waals surface area contributed by atoms with Gasteiger partial charge in [-0.15, -0.1) is 0 Å². The van der Waals surface area contributed by atoms with Crippen molar-refractivity contribution in [3.8, 4) is 0 Å². The van der Waals surface area contributed by atoms with Gasteiger partial charge in [-0.3, -0.25) is 4.79 Å². The molecule has 2 heterocycles. The lowest BCUT2D eigenvalue weighted by molar-refractivity contribution is 0.0749. The summed E-state index contributed by atoms with van der Waals surface area (Å²) in [5.41, 5.74) is 0.367. The van der Waals surface area contributed by atoms with Crippen LogP contribution in [-0.2, 0) is 9.84 Å². The van der Waals surface area contributed by atoms with Crippen LogP contribution in [0.5, 0.6) is 0 Å². The Labute approximate surface area is 150 Å². The van der Waals surface area contributed by atoms with Crippen molar-refractivity contribution in [1.82, 2.24) is 14.9 Å². The molecular weight excluding hydrogens is 340 g/mol. The Morgan fingerprint density at radius 3 is 2.40 bits per heavy atom. The Morgan fingerprint density at radius 2 is 1.88 bits per heavy atom. The molecule has 2 rings (SSSR count). The van der Waals surface area contributed by atoms with Crippen molar-refractivity contribution in [2.45, 2.75) is 46.1 Å². The Kier molecular flexibility index (Phi) is 6.75. The lowest BCUT2D eigenvalue weighted by atomic mass is 10.2. The highest BCUT2D eigenvalue weighted by Crippen LogP contribution is 2.23. The number of carbonyl (C=O) groups excluding carboxylic acids is 1. The van der Waals surface area contributed by atoms with Crippen molar-refractivity contribution in [2.75, 3.05) is 36.0 Å². The molecule has 1 saturated heterocycles. The summed E-state index contributed by atoms with van der Waals surface area (Å²) in [6.07, 6.45) is 3.78. The number of anilines is 1. The van der Waals surface area contributed by atoms with Gasteiger partial charge in [-0.2, -0.15) is 0 Å². The van der Waals surface area contributed by atoms with Gasteiger partial charge in [-0.25, -0.2) is 18.4 Å². The second-order valence-electron chi connectivity index (χ2n) is 6.40. The van der Waals surface area contributed by atoms with Gasteiger partial charge < -0.3 is 9.80 Å². The molecule has 1 aliphatic heterocycles. The Morgan fingerprint density at radius 1 is 1.20 bits per heavy atom. The fourth-order valence-electron chi connectivity index (χ4n) is 3.27. The van der Waals surface area contributed by atoms with Crippen molar-refractivity contribution in [3.05, 3.63) is 18.1 Å². The fraction of sp³-hybridized carbons (Fsp3) is 0.706. The lowest BCUT2D eigenvalue weighted by Crippen LogP contribution is -2.37. The van der Waals surface area contributed by atoms with Crippen molar-refractivity contribution < 1.29 is 13.2 Å². The van der Waals surface area contributed by atoms with E-state index in [1.54, 1.807) is 6.07 Å². The van der Waals surface area contributed by atoms with Crippen LogP contribution in [0, 0.1) is 0 Å². The number of rotatable bonds is 8. The summed E-state index contributed by atoms with van der Waals surface area (Å²) in [6.45, 7) is 8.09. The Balaban J connectivity index is 2.23. The summed E-state index contributed by atoms with van der Waals surface area (Å²) < 4.78 is 23.6. The zero-order valence-electron chi connectivity index (χ0n) is 15.3. The van der Waals surface area contributed by atoms with Gasteiger partial charge in [-0.1, -0.05) is 13.8 Å². The maximum absolute atomic E-state index is 12.7. The summed E-state index contributed by atoms with van der Waals surface area (Å²) in [5.74, 6) is 0.885. The van der Waals surface area contributed by atoms with E-state index >= 15 is 0 Å². The van der Waals surface area contributed by atoms with Gasteiger partial charge in [0.2, 0.25) is 0 Å². The fourth-order valence-corrected chi connectivity index (χ4v) is 5.00. The normalized spacial score (nSPS) is 18.9. The zero-order valence-corrected chi connectivity index (χ0v) is 16.1. The number of aromatic nitrogens is 2. The first kappa shape index (κ1) is 19.6. The van der Waals surface area contributed by atoms with Crippen molar-refractivity contribution >= 4 is 21.6 Å². The summed E-state index contributed by atoms with van der Waals surface area (Å²) >= 11 is 0. The standard InChI is InChI=1S/C17H28N4O3S/c1-4-8-20(9-5-2)17(22)15-11-16(19-13-18-15)21(6-3)14-7-10-25(23,24)12-14/h11,13-14H,4-10,12H2,1-3H3. The molecule has 1 aromatic heterocycles. The first-order valence-electron chi connectivity index (χ1n) is 9.00. The number of sulfone groups is 1. The molecule has 1 aliphatic rings. The minimum Gasteiger partial charge on any atom is -0.353 e. The zero-order chi connectivity index (χ0) is 18.4. The average molecular weight is 369 g/mol. The SMILES string of the molecule is CCCN(CCC)C(=O)c1cc(N(CC)C2CCS(=O)(=O)C2)ncn1. The average Bonchev–Trinajstić information content (AvgIpc) is 2.94. The van der Waals surface area contributed by atoms with Crippen LogP contribution >= 0.6 is 0 Å². The van der Waals surface area contributed by atoms with Crippen molar-refractivity contribution in [2.24, 2.45) is 0 Å². The van der Waals surface area contributed by atoms with Gasteiger partial charge in [0.15, 0.2) is 9.84 Å². The van der Waals surface area contributed by atoms with E-state index in [2.05, 4.69) is 9.97 Å². The maximum atomic E-state index is 12.7. The van der Waals surface area contributed by atoms with Crippen molar-refractivity contribution in [3.63, 3.8) is 0 Å². The molecule has 7 nitrogen and oxygen atoms in total. The third-order valence-corrected chi connectivity index (χ3v) is 6.18. The molecule has 25 heavy (non-hydrogen) atoms. The van der Waals surface area contributed by atoms with Gasteiger partial charge in [-0.05, 0) is 26.2 Å². The molecule has 0 spiro atoms. The molecule has 1 aromatic rings. The highest BCUT2D eigenvalue weighted by atomic mass is 32.2. The second-order valence-corrected chi connectivity index (χ2v) is 8.63. The number of carbonyl (C=O) groups is 1. The third-order valence-electron chi connectivity index (χ3n) is 4.43. The van der Waals surface area contributed by atoms with Crippen LogP contribution in [0.2, 0.25) is 0 Å². The molecule has 0 aliphatic carbocycles. The molecule has 0 bridgehead atoms. The minimum absolute atomic E-state index is 0.0877. The van der Waals surface area contributed by atoms with Crippen LogP contribution in [0.3, 0.4) is 0 Å². The smallest absolute Gasteiger partial charge is 0.272 e. The summed E-state index contributed by atoms with van der Waals surface area (Å²) in [6, 6.07) is 1.60. The molecule has 140 valence electrons. The van der Waals surface area contributed by atoms with Crippen molar-refractivity contribution in [1.29, 1.82) is 0 Å². The predicted molar refractivity (Wildman–Crippen MR) is 98.6 cm³/mol. The number of nitrogens with zero attached hydrogens (tertiary/aromatic N) is 4. The molecule has 0 radical (unpaired) electrons. The topological polar surface area (TPSA) is 83.5 Å². The van der Waals surface area contributed by atoms with E-state index in [4.69, 9.17) is 0 Å². The van der Waals surface area contributed by atoms with Crippen LogP contribution < -0.4 is 4.90 Å². The third kappa shape index (κ3) is 4.90. The van der Waals surface area contributed by atoms with E-state index in [1.807, 2.05) is 30.6 Å². The van der Waals surface area contributed by atoms with E-state index in [0.29, 0.717) is 37.6 Å². The van der Waals surface area contributed by atoms with E-state index in [-0.39, 0.29) is 23.5 Å². The molecule has 0 N–H and O–H groups in total. The molecule has 1 fully saturated rings. The van der Waals surface area contributed by atoms with E-state index in [1.165, 1.54) is 6.33 Å². The van der Waals surface area contributed by atoms with Crippen LogP contribution in [0.4, 0.5) is 5.82 Å². The van der Waals surface area contributed by atoms with Crippen LogP contribution in [0.25, 0.3) is 0 Å². The van der Waals surface area contributed by atoms with Gasteiger partial charge in [0.1, 0.15) is 17.8 Å². The number of amides is 1. The van der Waals surface area contributed by atoms with Crippen LogP contribution in [-0.4, -0.2) is 66.4 Å². The molecular formula is C17H28N4O3S. The number of hydrogen-bond acceptors (Lipinski definition) is 6. The van der Waals surface area contributed by atoms with Crippen LogP contribution in [0.1, 0.15) is 50.5 Å². The first-order chi connectivity index (χ1) is 11.9. The van der Waals surface area contributed by atoms with Gasteiger partial charge in [0, 0.05) is 31.7 Å². The minimum atomic E-state index is -2.97. The molecule has 0 aromatic carbocycles. The lowest BCUT2D eigenvalue weighted by Gasteiger charge is -2.28. The van der Waals surface area contributed by atoms with E-state index in [9.17, 15) is 13.2 Å². The van der Waals surface area contributed by atoms with Gasteiger partial charge >= 0.3 is 0 Å². The quantitative estimate of drug-likeness (QED) is 0.695. The summed E-state index contributed by atoms with van der Waals surface area (Å²) in [4.78, 5) is 24.9. The van der Waals surface area contributed by atoms with E-state index in [0.717, 1.165) is 12.8 Å². The molecule has 0 saturated carbocycles. The Bertz CT molecular complexity index is 687. The van der Waals surface area contributed by atoms with E-state index < -0.39 is 9.84 Å². The largest absolute Gasteiger partial charge is 0.353 e. The van der Waals surface area contributed by atoms with Gasteiger partial charge in [0.25, 0.3) is 5.91 Å².